The number of hydrogen-bond donors (Lipinski definition) is 1. The fourth-order valence-corrected chi connectivity index (χ4v) is 2.85. The topological polar surface area (TPSA) is 63.6 Å². The van der Waals surface area contributed by atoms with Crippen molar-refractivity contribution in [3.8, 4) is 0 Å². The molecular formula is C13H22O4. The van der Waals surface area contributed by atoms with E-state index in [9.17, 15) is 9.59 Å². The van der Waals surface area contributed by atoms with Gasteiger partial charge in [0.15, 0.2) is 0 Å². The van der Waals surface area contributed by atoms with Gasteiger partial charge in [-0.15, -0.1) is 0 Å². The third kappa shape index (κ3) is 4.75. The molecular weight excluding hydrogens is 220 g/mol. The van der Waals surface area contributed by atoms with E-state index < -0.39 is 5.97 Å². The maximum atomic E-state index is 11.0. The van der Waals surface area contributed by atoms with Crippen molar-refractivity contribution in [1.29, 1.82) is 0 Å². The van der Waals surface area contributed by atoms with Gasteiger partial charge in [-0.1, -0.05) is 19.3 Å². The molecule has 0 saturated heterocycles. The fraction of sp³-hybridized carbons (Fsp3) is 0.846. The fourth-order valence-electron chi connectivity index (χ4n) is 2.85. The van der Waals surface area contributed by atoms with E-state index in [0.29, 0.717) is 6.42 Å². The average Bonchev–Trinajstić information content (AvgIpc) is 2.29. The molecule has 0 spiro atoms. The van der Waals surface area contributed by atoms with Crippen molar-refractivity contribution in [1.82, 2.24) is 0 Å². The molecule has 0 amide bonds. The van der Waals surface area contributed by atoms with E-state index in [0.717, 1.165) is 38.5 Å². The molecule has 98 valence electrons. The number of carboxylic acid groups (broad SMARTS) is 1. The lowest BCUT2D eigenvalue weighted by Crippen LogP contribution is -2.27. The van der Waals surface area contributed by atoms with Gasteiger partial charge in [0.05, 0.1) is 13.5 Å². The first-order valence-corrected chi connectivity index (χ1v) is 6.37. The zero-order valence-corrected chi connectivity index (χ0v) is 10.5. The normalized spacial score (nSPS) is 18.6. The lowest BCUT2D eigenvalue weighted by atomic mass is 9.69. The summed E-state index contributed by atoms with van der Waals surface area (Å²) in [6, 6.07) is 0. The molecule has 1 saturated carbocycles. The van der Waals surface area contributed by atoms with Crippen LogP contribution in [0, 0.1) is 5.41 Å². The van der Waals surface area contributed by atoms with Crippen LogP contribution in [-0.4, -0.2) is 24.2 Å². The van der Waals surface area contributed by atoms with Gasteiger partial charge in [0.1, 0.15) is 0 Å². The van der Waals surface area contributed by atoms with E-state index in [1.807, 2.05) is 0 Å². The Morgan fingerprint density at radius 1 is 1.24 bits per heavy atom. The van der Waals surface area contributed by atoms with E-state index in [1.54, 1.807) is 0 Å². The number of hydrogen-bond acceptors (Lipinski definition) is 3. The Kier molecular flexibility index (Phi) is 5.45. The molecule has 1 N–H and O–H groups in total. The van der Waals surface area contributed by atoms with E-state index >= 15 is 0 Å². The number of ether oxygens (including phenoxy) is 1. The number of carboxylic acids is 1. The molecule has 0 aromatic heterocycles. The third-order valence-electron chi connectivity index (χ3n) is 3.76. The molecule has 0 aromatic rings. The second-order valence-electron chi connectivity index (χ2n) is 5.06. The summed E-state index contributed by atoms with van der Waals surface area (Å²) in [5, 5.41) is 8.99. The van der Waals surface area contributed by atoms with Crippen LogP contribution in [-0.2, 0) is 14.3 Å². The van der Waals surface area contributed by atoms with Gasteiger partial charge in [0.2, 0.25) is 0 Å². The molecule has 1 fully saturated rings. The molecule has 1 aliphatic rings. The molecule has 0 heterocycles. The highest BCUT2D eigenvalue weighted by molar-refractivity contribution is 5.69. The summed E-state index contributed by atoms with van der Waals surface area (Å²) in [5.74, 6) is -0.920. The Labute approximate surface area is 102 Å². The van der Waals surface area contributed by atoms with Crippen LogP contribution in [0.2, 0.25) is 0 Å². The molecule has 4 nitrogen and oxygen atoms in total. The van der Waals surface area contributed by atoms with Crippen molar-refractivity contribution in [2.45, 2.75) is 57.8 Å². The van der Waals surface area contributed by atoms with Crippen molar-refractivity contribution >= 4 is 11.9 Å². The zero-order chi connectivity index (χ0) is 12.7. The largest absolute Gasteiger partial charge is 0.481 e. The predicted octanol–water partition coefficient (Wildman–Crippen LogP) is 2.75. The van der Waals surface area contributed by atoms with E-state index in [1.165, 1.54) is 13.5 Å². The van der Waals surface area contributed by atoms with Crippen LogP contribution in [0.3, 0.4) is 0 Å². The highest BCUT2D eigenvalue weighted by Crippen LogP contribution is 2.43. The molecule has 17 heavy (non-hydrogen) atoms. The number of rotatable bonds is 6. The van der Waals surface area contributed by atoms with Gasteiger partial charge >= 0.3 is 11.9 Å². The van der Waals surface area contributed by atoms with Crippen molar-refractivity contribution in [3.63, 3.8) is 0 Å². The standard InChI is InChI=1S/C13H22O4/c1-17-12(16)6-5-9-13(10-11(14)15)7-3-2-4-8-13/h2-10H2,1H3,(H,14,15). The molecule has 1 aliphatic carbocycles. The van der Waals surface area contributed by atoms with Crippen molar-refractivity contribution in [2.24, 2.45) is 5.41 Å². The smallest absolute Gasteiger partial charge is 0.305 e. The Balaban J connectivity index is 2.45. The summed E-state index contributed by atoms with van der Waals surface area (Å²) in [6.45, 7) is 0. The van der Waals surface area contributed by atoms with Gasteiger partial charge in [0.25, 0.3) is 0 Å². The zero-order valence-electron chi connectivity index (χ0n) is 10.5. The van der Waals surface area contributed by atoms with Crippen LogP contribution in [0.15, 0.2) is 0 Å². The van der Waals surface area contributed by atoms with E-state index in [4.69, 9.17) is 5.11 Å². The summed E-state index contributed by atoms with van der Waals surface area (Å²) in [7, 11) is 1.38. The minimum Gasteiger partial charge on any atom is -0.481 e. The van der Waals surface area contributed by atoms with Crippen molar-refractivity contribution in [2.75, 3.05) is 7.11 Å². The van der Waals surface area contributed by atoms with Crippen LogP contribution >= 0.6 is 0 Å². The van der Waals surface area contributed by atoms with E-state index in [-0.39, 0.29) is 17.8 Å². The van der Waals surface area contributed by atoms with Gasteiger partial charge in [-0.25, -0.2) is 0 Å². The second-order valence-corrected chi connectivity index (χ2v) is 5.06. The Morgan fingerprint density at radius 2 is 1.88 bits per heavy atom. The summed E-state index contributed by atoms with van der Waals surface area (Å²) in [6.07, 6.45) is 7.62. The molecule has 0 radical (unpaired) electrons. The first-order valence-electron chi connectivity index (χ1n) is 6.37. The van der Waals surface area contributed by atoms with Crippen molar-refractivity contribution < 1.29 is 19.4 Å². The number of carbonyl (C=O) groups excluding carboxylic acids is 1. The van der Waals surface area contributed by atoms with Crippen LogP contribution < -0.4 is 0 Å². The van der Waals surface area contributed by atoms with Crippen LogP contribution in [0.5, 0.6) is 0 Å². The predicted molar refractivity (Wildman–Crippen MR) is 63.6 cm³/mol. The van der Waals surface area contributed by atoms with Gasteiger partial charge in [-0.05, 0) is 31.1 Å². The number of methoxy groups -OCH3 is 1. The number of carbonyl (C=O) groups is 2. The molecule has 4 heteroatoms. The average molecular weight is 242 g/mol. The Morgan fingerprint density at radius 3 is 2.41 bits per heavy atom. The van der Waals surface area contributed by atoms with Gasteiger partial charge in [-0.3, -0.25) is 9.59 Å². The van der Waals surface area contributed by atoms with Crippen LogP contribution in [0.25, 0.3) is 0 Å². The summed E-state index contributed by atoms with van der Waals surface area (Å²) < 4.78 is 4.60. The highest BCUT2D eigenvalue weighted by atomic mass is 16.5. The third-order valence-corrected chi connectivity index (χ3v) is 3.76. The number of aliphatic carboxylic acids is 1. The van der Waals surface area contributed by atoms with Crippen molar-refractivity contribution in [3.05, 3.63) is 0 Å². The number of esters is 1. The molecule has 0 bridgehead atoms. The Hall–Kier alpha value is -1.06. The van der Waals surface area contributed by atoms with Gasteiger partial charge in [-0.2, -0.15) is 0 Å². The van der Waals surface area contributed by atoms with E-state index in [2.05, 4.69) is 4.74 Å². The molecule has 0 atom stereocenters. The summed E-state index contributed by atoms with van der Waals surface area (Å²) in [5.41, 5.74) is -0.0713. The lowest BCUT2D eigenvalue weighted by molar-refractivity contribution is -0.141. The summed E-state index contributed by atoms with van der Waals surface area (Å²) in [4.78, 5) is 22.0. The summed E-state index contributed by atoms with van der Waals surface area (Å²) >= 11 is 0. The van der Waals surface area contributed by atoms with Gasteiger partial charge in [0, 0.05) is 6.42 Å². The van der Waals surface area contributed by atoms with Gasteiger partial charge < -0.3 is 9.84 Å². The van der Waals surface area contributed by atoms with Crippen LogP contribution in [0.4, 0.5) is 0 Å². The molecule has 0 aliphatic heterocycles. The maximum Gasteiger partial charge on any atom is 0.305 e. The molecule has 0 unspecified atom stereocenters. The molecule has 0 aromatic carbocycles. The highest BCUT2D eigenvalue weighted by Gasteiger charge is 2.33. The molecule has 1 rings (SSSR count). The minimum absolute atomic E-state index is 0.0713. The lowest BCUT2D eigenvalue weighted by Gasteiger charge is -2.36. The Bertz CT molecular complexity index is 267. The SMILES string of the molecule is COC(=O)CCCC1(CC(=O)O)CCCCC1. The maximum absolute atomic E-state index is 11.0. The quantitative estimate of drug-likeness (QED) is 0.727. The minimum atomic E-state index is -0.718. The first kappa shape index (κ1) is 14.0. The second kappa shape index (κ2) is 6.62. The first-order chi connectivity index (χ1) is 8.08. The monoisotopic (exact) mass is 242 g/mol. The van der Waals surface area contributed by atoms with Crippen LogP contribution in [0.1, 0.15) is 57.8 Å².